The summed E-state index contributed by atoms with van der Waals surface area (Å²) >= 11 is 11.6. The van der Waals surface area contributed by atoms with E-state index in [1.165, 1.54) is 0 Å². The van der Waals surface area contributed by atoms with Crippen molar-refractivity contribution < 1.29 is 4.74 Å². The van der Waals surface area contributed by atoms with Crippen LogP contribution in [0.1, 0.15) is 11.1 Å². The van der Waals surface area contributed by atoms with Crippen LogP contribution in [0.3, 0.4) is 0 Å². The molecule has 0 radical (unpaired) electrons. The van der Waals surface area contributed by atoms with Gasteiger partial charge in [-0.1, -0.05) is 41.9 Å². The maximum absolute atomic E-state index is 6.22. The second-order valence-corrected chi connectivity index (χ2v) is 7.11. The van der Waals surface area contributed by atoms with Crippen molar-refractivity contribution in [3.05, 3.63) is 94.0 Å². The lowest BCUT2D eigenvalue weighted by atomic mass is 10.2. The smallest absolute Gasteiger partial charge is 0.214 e. The molecule has 0 aliphatic carbocycles. The maximum Gasteiger partial charge on any atom is 0.214 e. The molecule has 2 heterocycles. The van der Waals surface area contributed by atoms with Crippen molar-refractivity contribution in [1.29, 1.82) is 0 Å². The zero-order valence-corrected chi connectivity index (χ0v) is 17.0. The van der Waals surface area contributed by atoms with Crippen LogP contribution in [0.5, 0.6) is 5.75 Å². The van der Waals surface area contributed by atoms with Crippen molar-refractivity contribution in [1.82, 2.24) is 19.9 Å². The molecule has 0 unspecified atom stereocenters. The average Bonchev–Trinajstić information content (AvgIpc) is 3.13. The van der Waals surface area contributed by atoms with E-state index in [1.54, 1.807) is 17.1 Å². The number of hydrogen-bond donors (Lipinski definition) is 2. The minimum absolute atomic E-state index is 0.455. The third-order valence-electron chi connectivity index (χ3n) is 4.30. The van der Waals surface area contributed by atoms with Crippen molar-refractivity contribution in [2.24, 2.45) is 0 Å². The van der Waals surface area contributed by atoms with Gasteiger partial charge in [-0.2, -0.15) is 5.10 Å². The Balaban J connectivity index is 1.54. The standard InChI is InChI=1S/C21H18ClN5OS/c22-18-6-7-19(28-14-15-4-2-1-3-5-15)17(12-18)13-24-27-20(25-26-21(27)29)16-8-10-23-11-9-16/h1-12,24H,13-14H2,(H,26,29). The molecule has 4 rings (SSSR count). The first-order valence-electron chi connectivity index (χ1n) is 8.97. The second-order valence-electron chi connectivity index (χ2n) is 6.28. The van der Waals surface area contributed by atoms with E-state index in [4.69, 9.17) is 28.6 Å². The van der Waals surface area contributed by atoms with Crippen molar-refractivity contribution in [2.45, 2.75) is 13.2 Å². The van der Waals surface area contributed by atoms with Crippen molar-refractivity contribution in [3.8, 4) is 17.1 Å². The van der Waals surface area contributed by atoms with Crippen LogP contribution in [0.4, 0.5) is 0 Å². The van der Waals surface area contributed by atoms with Gasteiger partial charge in [0.2, 0.25) is 4.77 Å². The molecule has 2 N–H and O–H groups in total. The molecular weight excluding hydrogens is 406 g/mol. The van der Waals surface area contributed by atoms with Crippen LogP contribution in [0.25, 0.3) is 11.4 Å². The predicted molar refractivity (Wildman–Crippen MR) is 116 cm³/mol. The van der Waals surface area contributed by atoms with E-state index in [0.29, 0.717) is 28.8 Å². The van der Waals surface area contributed by atoms with Crippen molar-refractivity contribution in [2.75, 3.05) is 5.43 Å². The van der Waals surface area contributed by atoms with Crippen LogP contribution in [-0.4, -0.2) is 19.9 Å². The molecule has 8 heteroatoms. The highest BCUT2D eigenvalue weighted by atomic mass is 35.5. The zero-order valence-electron chi connectivity index (χ0n) is 15.4. The fourth-order valence-electron chi connectivity index (χ4n) is 2.86. The molecule has 146 valence electrons. The van der Waals surface area contributed by atoms with Crippen molar-refractivity contribution >= 4 is 23.8 Å². The molecule has 2 aromatic carbocycles. The molecule has 0 spiro atoms. The second kappa shape index (κ2) is 8.89. The van der Waals surface area contributed by atoms with E-state index >= 15 is 0 Å². The molecule has 0 aliphatic rings. The van der Waals surface area contributed by atoms with Gasteiger partial charge < -0.3 is 10.2 Å². The van der Waals surface area contributed by atoms with Gasteiger partial charge >= 0.3 is 0 Å². The van der Waals surface area contributed by atoms with Crippen LogP contribution in [0.15, 0.2) is 73.1 Å². The molecule has 0 amide bonds. The zero-order chi connectivity index (χ0) is 20.1. The Bertz CT molecular complexity index is 1140. The van der Waals surface area contributed by atoms with Gasteiger partial charge in [-0.15, -0.1) is 0 Å². The Morgan fingerprint density at radius 3 is 2.66 bits per heavy atom. The summed E-state index contributed by atoms with van der Waals surface area (Å²) < 4.78 is 8.22. The minimum Gasteiger partial charge on any atom is -0.489 e. The van der Waals surface area contributed by atoms with Gasteiger partial charge in [-0.3, -0.25) is 4.98 Å². The van der Waals surface area contributed by atoms with Crippen LogP contribution in [0.2, 0.25) is 5.02 Å². The van der Waals surface area contributed by atoms with Gasteiger partial charge in [-0.05, 0) is 48.1 Å². The van der Waals surface area contributed by atoms with Gasteiger partial charge in [0.25, 0.3) is 0 Å². The Kier molecular flexibility index (Phi) is 5.88. The van der Waals surface area contributed by atoms with Gasteiger partial charge in [0, 0.05) is 28.5 Å². The molecule has 0 saturated carbocycles. The molecular formula is C21H18ClN5OS. The summed E-state index contributed by atoms with van der Waals surface area (Å²) in [4.78, 5) is 4.04. The van der Waals surface area contributed by atoms with Crippen LogP contribution in [-0.2, 0) is 13.2 Å². The molecule has 0 saturated heterocycles. The third kappa shape index (κ3) is 4.64. The van der Waals surface area contributed by atoms with E-state index in [0.717, 1.165) is 22.4 Å². The predicted octanol–water partition coefficient (Wildman–Crippen LogP) is 4.98. The Morgan fingerprint density at radius 2 is 1.86 bits per heavy atom. The Morgan fingerprint density at radius 1 is 1.07 bits per heavy atom. The third-order valence-corrected chi connectivity index (χ3v) is 4.81. The Hall–Kier alpha value is -3.16. The number of nitrogens with one attached hydrogen (secondary N) is 2. The van der Waals surface area contributed by atoms with E-state index in [-0.39, 0.29) is 0 Å². The molecule has 0 fully saturated rings. The molecule has 0 atom stereocenters. The number of ether oxygens (including phenoxy) is 1. The number of aromatic amines is 1. The van der Waals surface area contributed by atoms with Gasteiger partial charge in [0.05, 0.1) is 6.54 Å². The number of hydrogen-bond acceptors (Lipinski definition) is 5. The summed E-state index contributed by atoms with van der Waals surface area (Å²) in [6, 6.07) is 19.3. The van der Waals surface area contributed by atoms with Gasteiger partial charge in [-0.25, -0.2) is 9.77 Å². The highest BCUT2D eigenvalue weighted by Gasteiger charge is 2.11. The SMILES string of the molecule is S=c1[nH]nc(-c2ccncc2)n1NCc1cc(Cl)ccc1OCc1ccccc1. The molecule has 6 nitrogen and oxygen atoms in total. The average molecular weight is 424 g/mol. The summed E-state index contributed by atoms with van der Waals surface area (Å²) in [5.41, 5.74) is 6.21. The fourth-order valence-corrected chi connectivity index (χ4v) is 3.26. The number of H-pyrrole nitrogens is 1. The molecule has 29 heavy (non-hydrogen) atoms. The van der Waals surface area contributed by atoms with E-state index < -0.39 is 0 Å². The highest BCUT2D eigenvalue weighted by Crippen LogP contribution is 2.24. The first kappa shape index (κ1) is 19.2. The first-order valence-corrected chi connectivity index (χ1v) is 9.76. The number of benzene rings is 2. The summed E-state index contributed by atoms with van der Waals surface area (Å²) in [7, 11) is 0. The molecule has 0 aliphatic heterocycles. The molecule has 2 aromatic heterocycles. The minimum atomic E-state index is 0.455. The number of nitrogens with zero attached hydrogens (tertiary/aromatic N) is 3. The number of rotatable bonds is 7. The topological polar surface area (TPSA) is 67.8 Å². The lowest BCUT2D eigenvalue weighted by molar-refractivity contribution is 0.303. The number of pyridine rings is 1. The maximum atomic E-state index is 6.22. The van der Waals surface area contributed by atoms with E-state index in [2.05, 4.69) is 20.6 Å². The lowest BCUT2D eigenvalue weighted by Gasteiger charge is -2.15. The van der Waals surface area contributed by atoms with Gasteiger partial charge in [0.15, 0.2) is 5.82 Å². The van der Waals surface area contributed by atoms with Crippen LogP contribution < -0.4 is 10.2 Å². The highest BCUT2D eigenvalue weighted by molar-refractivity contribution is 7.71. The first-order chi connectivity index (χ1) is 14.2. The van der Waals surface area contributed by atoms with Crippen LogP contribution >= 0.6 is 23.8 Å². The Labute approximate surface area is 178 Å². The van der Waals surface area contributed by atoms with Gasteiger partial charge in [0.1, 0.15) is 12.4 Å². The fraction of sp³-hybridized carbons (Fsp3) is 0.0952. The largest absolute Gasteiger partial charge is 0.489 e. The summed E-state index contributed by atoms with van der Waals surface area (Å²) in [5.74, 6) is 1.43. The lowest BCUT2D eigenvalue weighted by Crippen LogP contribution is -2.16. The summed E-state index contributed by atoms with van der Waals surface area (Å²) in [6.45, 7) is 0.930. The van der Waals surface area contributed by atoms with E-state index in [9.17, 15) is 0 Å². The monoisotopic (exact) mass is 423 g/mol. The summed E-state index contributed by atoms with van der Waals surface area (Å²) in [5, 5.41) is 7.77. The normalized spacial score (nSPS) is 10.7. The number of halogens is 1. The summed E-state index contributed by atoms with van der Waals surface area (Å²) in [6.07, 6.45) is 3.42. The van der Waals surface area contributed by atoms with Crippen LogP contribution in [0, 0.1) is 4.77 Å². The number of aromatic nitrogens is 4. The quantitative estimate of drug-likeness (QED) is 0.410. The molecule has 0 bridgehead atoms. The van der Waals surface area contributed by atoms with E-state index in [1.807, 2.05) is 60.7 Å². The van der Waals surface area contributed by atoms with Crippen molar-refractivity contribution in [3.63, 3.8) is 0 Å². The molecule has 4 aromatic rings.